The van der Waals surface area contributed by atoms with Gasteiger partial charge in [0.25, 0.3) is 0 Å². The van der Waals surface area contributed by atoms with Gasteiger partial charge in [-0.05, 0) is 33.3 Å². The van der Waals surface area contributed by atoms with E-state index in [-0.39, 0.29) is 5.54 Å². The lowest BCUT2D eigenvalue weighted by Gasteiger charge is -2.42. The van der Waals surface area contributed by atoms with E-state index < -0.39 is 0 Å². The normalized spacial score (nSPS) is 18.7. The summed E-state index contributed by atoms with van der Waals surface area (Å²) in [6.45, 7) is 14.0. The van der Waals surface area contributed by atoms with Crippen molar-refractivity contribution in [2.45, 2.75) is 39.8 Å². The van der Waals surface area contributed by atoms with Gasteiger partial charge in [0, 0.05) is 43.8 Å². The van der Waals surface area contributed by atoms with Crippen molar-refractivity contribution >= 4 is 0 Å². The number of phenols is 1. The Morgan fingerprint density at radius 3 is 2.32 bits per heavy atom. The number of hydrogen-bond acceptors (Lipinski definition) is 3. The van der Waals surface area contributed by atoms with E-state index in [9.17, 15) is 5.11 Å². The molecule has 19 heavy (non-hydrogen) atoms. The van der Waals surface area contributed by atoms with Gasteiger partial charge in [0.15, 0.2) is 0 Å². The second-order valence-corrected chi connectivity index (χ2v) is 6.52. The zero-order chi connectivity index (χ0) is 14.0. The van der Waals surface area contributed by atoms with Gasteiger partial charge < -0.3 is 5.11 Å². The van der Waals surface area contributed by atoms with Crippen molar-refractivity contribution in [3.8, 4) is 5.75 Å². The largest absolute Gasteiger partial charge is 0.507 e. The van der Waals surface area contributed by atoms with Gasteiger partial charge in [0.1, 0.15) is 5.75 Å². The van der Waals surface area contributed by atoms with Crippen LogP contribution in [0.3, 0.4) is 0 Å². The molecule has 1 aromatic carbocycles. The fourth-order valence-electron chi connectivity index (χ4n) is 2.67. The number of benzene rings is 1. The molecule has 1 heterocycles. The highest BCUT2D eigenvalue weighted by Gasteiger charge is 2.25. The highest BCUT2D eigenvalue weighted by atomic mass is 16.3. The number of rotatable bonds is 2. The summed E-state index contributed by atoms with van der Waals surface area (Å²) in [7, 11) is 0. The van der Waals surface area contributed by atoms with Gasteiger partial charge in [-0.1, -0.05) is 18.2 Å². The molecule has 2 rings (SSSR count). The lowest BCUT2D eigenvalue weighted by atomic mass is 10.0. The molecule has 1 saturated heterocycles. The minimum atomic E-state index is 0.261. The minimum absolute atomic E-state index is 0.261. The first-order valence-corrected chi connectivity index (χ1v) is 7.13. The van der Waals surface area contributed by atoms with Crippen LogP contribution in [0.4, 0.5) is 0 Å². The third-order valence-corrected chi connectivity index (χ3v) is 4.04. The molecule has 3 heteroatoms. The maximum atomic E-state index is 10.1. The predicted molar refractivity (Wildman–Crippen MR) is 79.4 cm³/mol. The Bertz CT molecular complexity index is 429. The Labute approximate surface area is 116 Å². The zero-order valence-corrected chi connectivity index (χ0v) is 12.6. The van der Waals surface area contributed by atoms with Crippen LogP contribution in [0.25, 0.3) is 0 Å². The molecule has 1 fully saturated rings. The monoisotopic (exact) mass is 262 g/mol. The molecule has 106 valence electrons. The summed E-state index contributed by atoms with van der Waals surface area (Å²) >= 11 is 0. The first-order valence-electron chi connectivity index (χ1n) is 7.13. The summed E-state index contributed by atoms with van der Waals surface area (Å²) in [4.78, 5) is 4.95. The van der Waals surface area contributed by atoms with Gasteiger partial charge in [-0.25, -0.2) is 0 Å². The van der Waals surface area contributed by atoms with Gasteiger partial charge in [-0.3, -0.25) is 9.80 Å². The van der Waals surface area contributed by atoms with Crippen LogP contribution in [0, 0.1) is 6.92 Å². The molecule has 0 bridgehead atoms. The SMILES string of the molecule is Cc1cccc(CN2CCN(C(C)(C)C)CC2)c1O. The number of aryl methyl sites for hydroxylation is 1. The molecule has 0 saturated carbocycles. The maximum Gasteiger partial charge on any atom is 0.122 e. The van der Waals surface area contributed by atoms with Crippen molar-refractivity contribution in [2.75, 3.05) is 26.2 Å². The van der Waals surface area contributed by atoms with Crippen molar-refractivity contribution in [3.63, 3.8) is 0 Å². The number of hydrogen-bond donors (Lipinski definition) is 1. The molecule has 0 spiro atoms. The third-order valence-electron chi connectivity index (χ3n) is 4.04. The Morgan fingerprint density at radius 2 is 1.74 bits per heavy atom. The summed E-state index contributed by atoms with van der Waals surface area (Å²) in [5.74, 6) is 0.459. The van der Waals surface area contributed by atoms with Crippen LogP contribution in [-0.4, -0.2) is 46.6 Å². The Hall–Kier alpha value is -1.06. The van der Waals surface area contributed by atoms with Crippen LogP contribution in [-0.2, 0) is 6.54 Å². The molecule has 0 amide bonds. The van der Waals surface area contributed by atoms with Crippen LogP contribution < -0.4 is 0 Å². The number of phenolic OH excluding ortho intramolecular Hbond substituents is 1. The Kier molecular flexibility index (Phi) is 4.16. The molecule has 1 N–H and O–H groups in total. The van der Waals surface area contributed by atoms with Gasteiger partial charge in [-0.15, -0.1) is 0 Å². The fraction of sp³-hybridized carbons (Fsp3) is 0.625. The molecule has 1 aliphatic heterocycles. The quantitative estimate of drug-likeness (QED) is 0.887. The van der Waals surface area contributed by atoms with E-state index in [4.69, 9.17) is 0 Å². The standard InChI is InChI=1S/C16H26N2O/c1-13-6-5-7-14(15(13)19)12-17-8-10-18(11-9-17)16(2,3)4/h5-7,19H,8-12H2,1-4H3. The molecule has 0 atom stereocenters. The molecule has 0 unspecified atom stereocenters. The van der Waals surface area contributed by atoms with E-state index in [1.54, 1.807) is 0 Å². The smallest absolute Gasteiger partial charge is 0.122 e. The Balaban J connectivity index is 1.94. The zero-order valence-electron chi connectivity index (χ0n) is 12.6. The minimum Gasteiger partial charge on any atom is -0.507 e. The lowest BCUT2D eigenvalue weighted by Crippen LogP contribution is -2.53. The van der Waals surface area contributed by atoms with Crippen molar-refractivity contribution in [1.82, 2.24) is 9.80 Å². The van der Waals surface area contributed by atoms with E-state index in [1.165, 1.54) is 0 Å². The second kappa shape index (κ2) is 5.51. The molecular weight excluding hydrogens is 236 g/mol. The summed E-state index contributed by atoms with van der Waals surface area (Å²) < 4.78 is 0. The van der Waals surface area contributed by atoms with Crippen LogP contribution in [0.2, 0.25) is 0 Å². The first kappa shape index (κ1) is 14.4. The molecule has 1 aliphatic rings. The fourth-order valence-corrected chi connectivity index (χ4v) is 2.67. The van der Waals surface area contributed by atoms with Crippen molar-refractivity contribution in [1.29, 1.82) is 0 Å². The van der Waals surface area contributed by atoms with Crippen LogP contribution in [0.5, 0.6) is 5.75 Å². The molecule has 3 nitrogen and oxygen atoms in total. The first-order chi connectivity index (χ1) is 8.88. The summed E-state index contributed by atoms with van der Waals surface area (Å²) in [6, 6.07) is 6.00. The maximum absolute atomic E-state index is 10.1. The van der Waals surface area contributed by atoms with Crippen LogP contribution in [0.1, 0.15) is 31.9 Å². The summed E-state index contributed by atoms with van der Waals surface area (Å²) in [5.41, 5.74) is 2.27. The van der Waals surface area contributed by atoms with Crippen molar-refractivity contribution in [3.05, 3.63) is 29.3 Å². The van der Waals surface area contributed by atoms with E-state index in [1.807, 2.05) is 25.1 Å². The van der Waals surface area contributed by atoms with E-state index in [0.717, 1.165) is 43.9 Å². The average molecular weight is 262 g/mol. The predicted octanol–water partition coefficient (Wildman–Crippen LogP) is 2.62. The second-order valence-electron chi connectivity index (χ2n) is 6.52. The summed E-state index contributed by atoms with van der Waals surface area (Å²) in [5, 5.41) is 10.1. The van der Waals surface area contributed by atoms with Gasteiger partial charge in [-0.2, -0.15) is 0 Å². The van der Waals surface area contributed by atoms with E-state index in [0.29, 0.717) is 5.75 Å². The Morgan fingerprint density at radius 1 is 1.11 bits per heavy atom. The number of piperazine rings is 1. The van der Waals surface area contributed by atoms with Crippen molar-refractivity contribution < 1.29 is 5.11 Å². The number of para-hydroxylation sites is 1. The van der Waals surface area contributed by atoms with E-state index in [2.05, 4.69) is 30.6 Å². The highest BCUT2D eigenvalue weighted by Crippen LogP contribution is 2.24. The number of nitrogens with zero attached hydrogens (tertiary/aromatic N) is 2. The average Bonchev–Trinajstić information content (AvgIpc) is 2.35. The lowest BCUT2D eigenvalue weighted by molar-refractivity contribution is 0.0588. The summed E-state index contributed by atoms with van der Waals surface area (Å²) in [6.07, 6.45) is 0. The van der Waals surface area contributed by atoms with Crippen LogP contribution in [0.15, 0.2) is 18.2 Å². The van der Waals surface area contributed by atoms with Gasteiger partial charge >= 0.3 is 0 Å². The van der Waals surface area contributed by atoms with Gasteiger partial charge in [0.05, 0.1) is 0 Å². The molecular formula is C16H26N2O. The number of aromatic hydroxyl groups is 1. The molecule has 0 aromatic heterocycles. The van der Waals surface area contributed by atoms with E-state index >= 15 is 0 Å². The van der Waals surface area contributed by atoms with Crippen LogP contribution >= 0.6 is 0 Å². The molecule has 1 aromatic rings. The van der Waals surface area contributed by atoms with Crippen molar-refractivity contribution in [2.24, 2.45) is 0 Å². The molecule has 0 radical (unpaired) electrons. The third kappa shape index (κ3) is 3.48. The van der Waals surface area contributed by atoms with Gasteiger partial charge in [0.2, 0.25) is 0 Å². The topological polar surface area (TPSA) is 26.7 Å². The molecule has 0 aliphatic carbocycles. The highest BCUT2D eigenvalue weighted by molar-refractivity contribution is 5.39.